The Morgan fingerprint density at radius 3 is 2.54 bits per heavy atom. The number of amides is 2. The van der Waals surface area contributed by atoms with E-state index in [1.54, 1.807) is 18.2 Å². The number of anilines is 1. The van der Waals surface area contributed by atoms with Crippen LogP contribution in [0.15, 0.2) is 48.5 Å². The summed E-state index contributed by atoms with van der Waals surface area (Å²) < 4.78 is 10.6. The number of rotatable bonds is 5. The van der Waals surface area contributed by atoms with Crippen LogP contribution in [0.4, 0.5) is 5.69 Å². The maximum absolute atomic E-state index is 12.4. The largest absolute Gasteiger partial charge is 0.454 e. The minimum Gasteiger partial charge on any atom is -0.454 e. The topological polar surface area (TPSA) is 76.7 Å². The smallest absolute Gasteiger partial charge is 0.231 e. The molecule has 2 aromatic carbocycles. The molecule has 2 N–H and O–H groups in total. The zero-order valence-electron chi connectivity index (χ0n) is 14.4. The van der Waals surface area contributed by atoms with E-state index in [9.17, 15) is 9.59 Å². The van der Waals surface area contributed by atoms with E-state index < -0.39 is 0 Å². The van der Waals surface area contributed by atoms with Crippen LogP contribution in [0.25, 0.3) is 0 Å². The van der Waals surface area contributed by atoms with Gasteiger partial charge in [0, 0.05) is 11.8 Å². The number of hydrogen-bond acceptors (Lipinski definition) is 4. The van der Waals surface area contributed by atoms with Crippen molar-refractivity contribution in [2.75, 3.05) is 12.1 Å². The second-order valence-corrected chi connectivity index (χ2v) is 6.65. The normalized spacial score (nSPS) is 21.0. The molecular weight excluding hydrogens is 332 g/mol. The van der Waals surface area contributed by atoms with Crippen molar-refractivity contribution in [3.05, 3.63) is 54.1 Å². The van der Waals surface area contributed by atoms with E-state index in [1.807, 2.05) is 37.3 Å². The van der Waals surface area contributed by atoms with E-state index in [-0.39, 0.29) is 36.5 Å². The predicted molar refractivity (Wildman–Crippen MR) is 95.8 cm³/mol. The molecule has 1 aliphatic heterocycles. The summed E-state index contributed by atoms with van der Waals surface area (Å²) in [6.45, 7) is 2.13. The van der Waals surface area contributed by atoms with Gasteiger partial charge in [-0.05, 0) is 31.0 Å². The minimum atomic E-state index is -0.289. The van der Waals surface area contributed by atoms with Crippen LogP contribution in [0.1, 0.15) is 24.9 Å². The molecule has 2 aromatic rings. The van der Waals surface area contributed by atoms with Gasteiger partial charge < -0.3 is 20.1 Å². The first kappa shape index (κ1) is 16.4. The molecule has 6 nitrogen and oxygen atoms in total. The van der Waals surface area contributed by atoms with Crippen molar-refractivity contribution >= 4 is 17.5 Å². The first-order chi connectivity index (χ1) is 12.6. The molecule has 0 radical (unpaired) electrons. The van der Waals surface area contributed by atoms with E-state index in [0.29, 0.717) is 23.6 Å². The highest BCUT2D eigenvalue weighted by Gasteiger charge is 2.48. The zero-order chi connectivity index (χ0) is 18.1. The van der Waals surface area contributed by atoms with Gasteiger partial charge in [0.2, 0.25) is 18.6 Å². The van der Waals surface area contributed by atoms with Crippen LogP contribution >= 0.6 is 0 Å². The number of carbonyl (C=O) groups is 2. The molecule has 1 saturated carbocycles. The molecular formula is C20H20N2O4. The van der Waals surface area contributed by atoms with Gasteiger partial charge in [0.25, 0.3) is 0 Å². The lowest BCUT2D eigenvalue weighted by Crippen LogP contribution is -2.29. The van der Waals surface area contributed by atoms with Gasteiger partial charge in [0.15, 0.2) is 11.5 Å². The second-order valence-electron chi connectivity index (χ2n) is 6.65. The minimum absolute atomic E-state index is 0.0767. The Hall–Kier alpha value is -3.02. The Bertz CT molecular complexity index is 837. The monoisotopic (exact) mass is 352 g/mol. The number of nitrogens with one attached hydrogen (secondary N) is 2. The molecule has 3 atom stereocenters. The molecule has 2 aliphatic rings. The van der Waals surface area contributed by atoms with Crippen molar-refractivity contribution in [2.45, 2.75) is 19.4 Å². The van der Waals surface area contributed by atoms with E-state index in [2.05, 4.69) is 10.6 Å². The fraction of sp³-hybridized carbons (Fsp3) is 0.300. The average molecular weight is 352 g/mol. The van der Waals surface area contributed by atoms with E-state index in [4.69, 9.17) is 9.47 Å². The Balaban J connectivity index is 1.31. The summed E-state index contributed by atoms with van der Waals surface area (Å²) in [6.07, 6.45) is 0.573. The molecule has 0 bridgehead atoms. The molecule has 0 saturated heterocycles. The number of ether oxygens (including phenoxy) is 2. The molecule has 1 aliphatic carbocycles. The highest BCUT2D eigenvalue weighted by Crippen LogP contribution is 2.41. The van der Waals surface area contributed by atoms with Gasteiger partial charge in [-0.15, -0.1) is 0 Å². The number of carbonyl (C=O) groups excluding carboxylic acids is 2. The molecule has 0 spiro atoms. The first-order valence-electron chi connectivity index (χ1n) is 8.67. The maximum Gasteiger partial charge on any atom is 0.231 e. The van der Waals surface area contributed by atoms with E-state index >= 15 is 0 Å². The lowest BCUT2D eigenvalue weighted by atomic mass is 10.1. The first-order valence-corrected chi connectivity index (χ1v) is 8.67. The highest BCUT2D eigenvalue weighted by atomic mass is 16.7. The average Bonchev–Trinajstić information content (AvgIpc) is 3.33. The molecule has 3 unspecified atom stereocenters. The van der Waals surface area contributed by atoms with Crippen LogP contribution in [-0.2, 0) is 9.59 Å². The Morgan fingerprint density at radius 1 is 1.00 bits per heavy atom. The van der Waals surface area contributed by atoms with Crippen LogP contribution in [-0.4, -0.2) is 18.6 Å². The number of benzene rings is 2. The summed E-state index contributed by atoms with van der Waals surface area (Å²) in [5, 5.41) is 5.83. The van der Waals surface area contributed by atoms with Crippen molar-refractivity contribution in [1.29, 1.82) is 0 Å². The summed E-state index contributed by atoms with van der Waals surface area (Å²) in [5.41, 5.74) is 1.69. The lowest BCUT2D eigenvalue weighted by Gasteiger charge is -2.14. The van der Waals surface area contributed by atoms with E-state index in [0.717, 1.165) is 5.56 Å². The fourth-order valence-electron chi connectivity index (χ4n) is 3.13. The SMILES string of the molecule is CC(NC(=O)C1CC1C(=O)Nc1ccc2c(c1)OCO2)c1ccccc1. The van der Waals surface area contributed by atoms with Gasteiger partial charge in [-0.3, -0.25) is 9.59 Å². The van der Waals surface area contributed by atoms with E-state index in [1.165, 1.54) is 0 Å². The summed E-state index contributed by atoms with van der Waals surface area (Å²) >= 11 is 0. The summed E-state index contributed by atoms with van der Waals surface area (Å²) in [5.74, 6) is 0.508. The Labute approximate surface area is 151 Å². The predicted octanol–water partition coefficient (Wildman–Crippen LogP) is 2.87. The molecule has 1 fully saturated rings. The quantitative estimate of drug-likeness (QED) is 0.867. The summed E-state index contributed by atoms with van der Waals surface area (Å²) in [6, 6.07) is 14.9. The third-order valence-corrected chi connectivity index (χ3v) is 4.76. The Morgan fingerprint density at radius 2 is 1.73 bits per heavy atom. The highest BCUT2D eigenvalue weighted by molar-refractivity contribution is 5.99. The van der Waals surface area contributed by atoms with Crippen LogP contribution in [0.3, 0.4) is 0 Å². The number of hydrogen-bond donors (Lipinski definition) is 2. The standard InChI is InChI=1S/C20H20N2O4/c1-12(13-5-3-2-4-6-13)21-19(23)15-10-16(15)20(24)22-14-7-8-17-18(9-14)26-11-25-17/h2-9,12,15-16H,10-11H2,1H3,(H,21,23)(H,22,24). The Kier molecular flexibility index (Phi) is 4.24. The maximum atomic E-state index is 12.4. The molecule has 1 heterocycles. The lowest BCUT2D eigenvalue weighted by molar-refractivity contribution is -0.125. The van der Waals surface area contributed by atoms with Crippen LogP contribution in [0.2, 0.25) is 0 Å². The van der Waals surface area contributed by atoms with Crippen LogP contribution in [0, 0.1) is 11.8 Å². The molecule has 134 valence electrons. The van der Waals surface area contributed by atoms with Gasteiger partial charge in [0.1, 0.15) is 0 Å². The van der Waals surface area contributed by atoms with Crippen molar-refractivity contribution < 1.29 is 19.1 Å². The molecule has 26 heavy (non-hydrogen) atoms. The number of fused-ring (bicyclic) bond motifs is 1. The molecule has 4 rings (SSSR count). The van der Waals surface area contributed by atoms with Crippen molar-refractivity contribution in [3.8, 4) is 11.5 Å². The van der Waals surface area contributed by atoms with Gasteiger partial charge in [0.05, 0.1) is 17.9 Å². The third kappa shape index (κ3) is 3.35. The zero-order valence-corrected chi connectivity index (χ0v) is 14.4. The van der Waals surface area contributed by atoms with Crippen LogP contribution in [0.5, 0.6) is 11.5 Å². The van der Waals surface area contributed by atoms with Gasteiger partial charge in [-0.1, -0.05) is 30.3 Å². The summed E-state index contributed by atoms with van der Waals surface area (Å²) in [4.78, 5) is 24.8. The van der Waals surface area contributed by atoms with Crippen LogP contribution < -0.4 is 20.1 Å². The molecule has 2 amide bonds. The second kappa shape index (κ2) is 6.71. The fourth-order valence-corrected chi connectivity index (χ4v) is 3.13. The van der Waals surface area contributed by atoms with Gasteiger partial charge in [-0.25, -0.2) is 0 Å². The summed E-state index contributed by atoms with van der Waals surface area (Å²) in [7, 11) is 0. The molecule has 6 heteroatoms. The third-order valence-electron chi connectivity index (χ3n) is 4.76. The van der Waals surface area contributed by atoms with Gasteiger partial charge >= 0.3 is 0 Å². The van der Waals surface area contributed by atoms with Gasteiger partial charge in [-0.2, -0.15) is 0 Å². The van der Waals surface area contributed by atoms with Crippen molar-refractivity contribution in [3.63, 3.8) is 0 Å². The molecule has 0 aromatic heterocycles. The van der Waals surface area contributed by atoms with Crippen molar-refractivity contribution in [1.82, 2.24) is 5.32 Å². The van der Waals surface area contributed by atoms with Crippen molar-refractivity contribution in [2.24, 2.45) is 11.8 Å².